The molecule has 23 heavy (non-hydrogen) atoms. The van der Waals surface area contributed by atoms with E-state index in [0.717, 1.165) is 13.1 Å². The third-order valence-electron chi connectivity index (χ3n) is 4.90. The van der Waals surface area contributed by atoms with Crippen LogP contribution in [0.15, 0.2) is 18.2 Å². The van der Waals surface area contributed by atoms with Crippen molar-refractivity contribution in [2.45, 2.75) is 59.4 Å². The van der Waals surface area contributed by atoms with Gasteiger partial charge in [-0.05, 0) is 17.8 Å². The van der Waals surface area contributed by atoms with Gasteiger partial charge in [0, 0.05) is 11.1 Å². The molecule has 0 saturated carbocycles. The Hall–Kier alpha value is -1.35. The van der Waals surface area contributed by atoms with E-state index in [-0.39, 0.29) is 12.6 Å². The van der Waals surface area contributed by atoms with Crippen LogP contribution in [0.5, 0.6) is 0 Å². The molecule has 0 bridgehead atoms. The van der Waals surface area contributed by atoms with Crippen molar-refractivity contribution in [1.29, 1.82) is 0 Å². The lowest BCUT2D eigenvalue weighted by molar-refractivity contribution is -0.563. The second-order valence-electron chi connectivity index (χ2n) is 7.64. The topological polar surface area (TPSA) is 26.5 Å². The third-order valence-corrected chi connectivity index (χ3v) is 4.90. The van der Waals surface area contributed by atoms with Gasteiger partial charge in [-0.1, -0.05) is 59.7 Å². The van der Waals surface area contributed by atoms with Crippen molar-refractivity contribution in [3.63, 3.8) is 0 Å². The molecule has 3 heteroatoms. The van der Waals surface area contributed by atoms with Crippen molar-refractivity contribution < 1.29 is 9.68 Å². The molecule has 0 radical (unpaired) electrons. The van der Waals surface area contributed by atoms with E-state index < -0.39 is 0 Å². The zero-order chi connectivity index (χ0) is 17.1. The molecular weight excluding hydrogens is 284 g/mol. The monoisotopic (exact) mass is 317 g/mol. The number of benzene rings is 1. The van der Waals surface area contributed by atoms with E-state index in [1.807, 2.05) is 0 Å². The Labute approximate surface area is 141 Å². The molecule has 0 fully saturated rings. The number of para-hydroxylation sites is 1. The Balaban J connectivity index is 2.44. The smallest absolute Gasteiger partial charge is 0.239 e. The van der Waals surface area contributed by atoms with Crippen molar-refractivity contribution in [2.75, 3.05) is 24.6 Å². The van der Waals surface area contributed by atoms with Gasteiger partial charge in [0.1, 0.15) is 24.8 Å². The molecule has 1 aliphatic heterocycles. The average Bonchev–Trinajstić information content (AvgIpc) is 2.95. The summed E-state index contributed by atoms with van der Waals surface area (Å²) in [4.78, 5) is 2.40. The van der Waals surface area contributed by atoms with Crippen LogP contribution in [-0.4, -0.2) is 41.8 Å². The highest BCUT2D eigenvalue weighted by atomic mass is 16.3. The minimum Gasteiger partial charge on any atom is -0.392 e. The van der Waals surface area contributed by atoms with Crippen LogP contribution in [-0.2, 0) is 0 Å². The van der Waals surface area contributed by atoms with Crippen LogP contribution in [0, 0.1) is 5.92 Å². The Kier molecular flexibility index (Phi) is 5.85. The minimum atomic E-state index is 0.203. The van der Waals surface area contributed by atoms with Gasteiger partial charge >= 0.3 is 0 Å². The zero-order valence-electron chi connectivity index (χ0n) is 15.6. The number of aliphatic hydroxyl groups excluding tert-OH is 1. The van der Waals surface area contributed by atoms with Crippen molar-refractivity contribution in [1.82, 2.24) is 0 Å². The number of anilines is 1. The van der Waals surface area contributed by atoms with Crippen LogP contribution < -0.4 is 4.90 Å². The Morgan fingerprint density at radius 3 is 2.04 bits per heavy atom. The second-order valence-corrected chi connectivity index (χ2v) is 7.64. The Bertz CT molecular complexity index is 535. The maximum absolute atomic E-state index is 9.72. The molecule has 0 saturated heterocycles. The summed E-state index contributed by atoms with van der Waals surface area (Å²) >= 11 is 0. The molecule has 3 nitrogen and oxygen atoms in total. The lowest BCUT2D eigenvalue weighted by Gasteiger charge is -2.21. The molecule has 128 valence electrons. The highest BCUT2D eigenvalue weighted by molar-refractivity contribution is 5.81. The summed E-state index contributed by atoms with van der Waals surface area (Å²) in [6, 6.07) is 6.91. The van der Waals surface area contributed by atoms with E-state index in [0.29, 0.717) is 17.8 Å². The van der Waals surface area contributed by atoms with Crippen molar-refractivity contribution in [2.24, 2.45) is 5.92 Å². The normalized spacial score (nSPS) is 16.6. The number of nitrogens with zero attached hydrogens (tertiary/aromatic N) is 2. The Morgan fingerprint density at radius 2 is 1.61 bits per heavy atom. The fraction of sp³-hybridized carbons (Fsp3) is 0.650. The molecule has 0 aromatic heterocycles. The summed E-state index contributed by atoms with van der Waals surface area (Å²) in [7, 11) is 0. The fourth-order valence-electron chi connectivity index (χ4n) is 3.48. The first-order valence-electron chi connectivity index (χ1n) is 8.97. The summed E-state index contributed by atoms with van der Waals surface area (Å²) < 4.78 is 2.31. The van der Waals surface area contributed by atoms with Gasteiger partial charge in [-0.2, -0.15) is 0 Å². The summed E-state index contributed by atoms with van der Waals surface area (Å²) in [5.41, 5.74) is 4.21. The van der Waals surface area contributed by atoms with Gasteiger partial charge in [0.2, 0.25) is 6.34 Å². The molecule has 0 amide bonds. The van der Waals surface area contributed by atoms with Crippen LogP contribution in [0.3, 0.4) is 0 Å². The van der Waals surface area contributed by atoms with Crippen molar-refractivity contribution in [3.8, 4) is 0 Å². The highest BCUT2D eigenvalue weighted by Crippen LogP contribution is 2.35. The fourth-order valence-corrected chi connectivity index (χ4v) is 3.48. The lowest BCUT2D eigenvalue weighted by Crippen LogP contribution is -2.34. The van der Waals surface area contributed by atoms with E-state index in [4.69, 9.17) is 0 Å². The van der Waals surface area contributed by atoms with Gasteiger partial charge in [0.25, 0.3) is 0 Å². The van der Waals surface area contributed by atoms with Crippen LogP contribution in [0.25, 0.3) is 0 Å². The van der Waals surface area contributed by atoms with Crippen LogP contribution in [0.4, 0.5) is 5.69 Å². The molecular formula is C20H33N2O+. The third kappa shape index (κ3) is 3.77. The van der Waals surface area contributed by atoms with Gasteiger partial charge in [0.15, 0.2) is 0 Å². The van der Waals surface area contributed by atoms with Gasteiger partial charge in [-0.25, -0.2) is 4.90 Å². The van der Waals surface area contributed by atoms with Crippen molar-refractivity contribution in [3.05, 3.63) is 29.3 Å². The predicted molar refractivity (Wildman–Crippen MR) is 98.9 cm³/mol. The van der Waals surface area contributed by atoms with Gasteiger partial charge in [-0.15, -0.1) is 0 Å². The maximum atomic E-state index is 9.72. The predicted octanol–water partition coefficient (Wildman–Crippen LogP) is 3.81. The summed E-state index contributed by atoms with van der Waals surface area (Å²) in [5.74, 6) is 1.45. The van der Waals surface area contributed by atoms with E-state index in [9.17, 15) is 5.11 Å². The molecule has 1 aromatic carbocycles. The van der Waals surface area contributed by atoms with E-state index in [1.54, 1.807) is 0 Å². The molecule has 1 atom stereocenters. The number of rotatable bonds is 6. The molecule has 0 spiro atoms. The first kappa shape index (κ1) is 18.0. The largest absolute Gasteiger partial charge is 0.392 e. The van der Waals surface area contributed by atoms with Gasteiger partial charge in [0.05, 0.1) is 6.61 Å². The van der Waals surface area contributed by atoms with E-state index >= 15 is 0 Å². The minimum absolute atomic E-state index is 0.203. The SMILES string of the molecule is CC(C)c1cccc(C(C)C)c1N1C=[N+]([C@H](CO)C(C)C)CC1. The number of aliphatic hydroxyl groups is 1. The summed E-state index contributed by atoms with van der Waals surface area (Å²) in [6.07, 6.45) is 2.23. The second kappa shape index (κ2) is 7.48. The Morgan fingerprint density at radius 1 is 1.04 bits per heavy atom. The standard InChI is InChI=1S/C20H33N2O/c1-14(2)17-8-7-9-18(15(3)4)20(17)22-11-10-21(13-22)19(12-23)16(5)6/h7-9,13-16,19,23H,10-12H2,1-6H3/q+1/t19-/m1/s1. The molecule has 1 heterocycles. The number of hydrogen-bond acceptors (Lipinski definition) is 2. The maximum Gasteiger partial charge on any atom is 0.239 e. The molecule has 1 aliphatic rings. The average molecular weight is 317 g/mol. The summed E-state index contributed by atoms with van der Waals surface area (Å²) in [6.45, 7) is 15.6. The lowest BCUT2D eigenvalue weighted by atomic mass is 9.92. The first-order chi connectivity index (χ1) is 10.9. The van der Waals surface area contributed by atoms with E-state index in [1.165, 1.54) is 16.8 Å². The zero-order valence-corrected chi connectivity index (χ0v) is 15.6. The summed E-state index contributed by atoms with van der Waals surface area (Å²) in [5, 5.41) is 9.72. The van der Waals surface area contributed by atoms with Crippen molar-refractivity contribution >= 4 is 12.0 Å². The molecule has 1 aromatic rings. The highest BCUT2D eigenvalue weighted by Gasteiger charge is 2.31. The molecule has 1 N–H and O–H groups in total. The van der Waals surface area contributed by atoms with Crippen LogP contribution >= 0.6 is 0 Å². The van der Waals surface area contributed by atoms with Crippen LogP contribution in [0.1, 0.15) is 64.5 Å². The molecule has 0 unspecified atom stereocenters. The van der Waals surface area contributed by atoms with E-state index in [2.05, 4.69) is 75.6 Å². The molecule has 2 rings (SSSR count). The first-order valence-corrected chi connectivity index (χ1v) is 8.97. The van der Waals surface area contributed by atoms with Crippen LogP contribution in [0.2, 0.25) is 0 Å². The quantitative estimate of drug-likeness (QED) is 0.808. The molecule has 0 aliphatic carbocycles. The number of hydrogen-bond donors (Lipinski definition) is 1. The van der Waals surface area contributed by atoms with Gasteiger partial charge in [-0.3, -0.25) is 4.58 Å². The van der Waals surface area contributed by atoms with Gasteiger partial charge < -0.3 is 5.11 Å².